The zero-order valence-electron chi connectivity index (χ0n) is 11.0. The van der Waals surface area contributed by atoms with E-state index >= 15 is 0 Å². The van der Waals surface area contributed by atoms with Gasteiger partial charge in [-0.3, -0.25) is 4.90 Å². The van der Waals surface area contributed by atoms with Gasteiger partial charge >= 0.3 is 0 Å². The fourth-order valence-electron chi connectivity index (χ4n) is 2.34. The number of nitrogens with one attached hydrogen (secondary N) is 1. The Morgan fingerprint density at radius 1 is 1.32 bits per heavy atom. The average molecular weight is 297 g/mol. The molecule has 1 fully saturated rings. The van der Waals surface area contributed by atoms with Crippen LogP contribution >= 0.6 is 23.2 Å². The van der Waals surface area contributed by atoms with Crippen LogP contribution in [0.4, 0.5) is 5.69 Å². The first kappa shape index (κ1) is 14.5. The van der Waals surface area contributed by atoms with E-state index < -0.39 is 0 Å². The smallest absolute Gasteiger partial charge is 0.0641 e. The van der Waals surface area contributed by atoms with Gasteiger partial charge in [-0.2, -0.15) is 0 Å². The molecule has 2 nitrogen and oxygen atoms in total. The predicted octanol–water partition coefficient (Wildman–Crippen LogP) is 3.81. The SMILES string of the molecule is C#CCN1CCC(Nc2cc(Cl)c(C)cc2Cl)CC1. The van der Waals surface area contributed by atoms with E-state index in [1.165, 1.54) is 0 Å². The number of terminal acetylenes is 1. The van der Waals surface area contributed by atoms with Gasteiger partial charge < -0.3 is 5.32 Å². The molecule has 102 valence electrons. The van der Waals surface area contributed by atoms with E-state index in [1.807, 2.05) is 19.1 Å². The first-order valence-electron chi connectivity index (χ1n) is 6.48. The summed E-state index contributed by atoms with van der Waals surface area (Å²) in [6.07, 6.45) is 7.47. The van der Waals surface area contributed by atoms with Crippen LogP contribution in [0.3, 0.4) is 0 Å². The highest BCUT2D eigenvalue weighted by Crippen LogP contribution is 2.30. The number of rotatable bonds is 3. The fraction of sp³-hybridized carbons (Fsp3) is 0.467. The molecule has 1 aromatic rings. The Balaban J connectivity index is 1.96. The summed E-state index contributed by atoms with van der Waals surface area (Å²) in [4.78, 5) is 2.29. The number of hydrogen-bond acceptors (Lipinski definition) is 2. The van der Waals surface area contributed by atoms with E-state index in [0.29, 0.717) is 6.04 Å². The first-order chi connectivity index (χ1) is 9.10. The van der Waals surface area contributed by atoms with E-state index in [9.17, 15) is 0 Å². The molecule has 1 heterocycles. The van der Waals surface area contributed by atoms with Crippen LogP contribution in [0.1, 0.15) is 18.4 Å². The zero-order chi connectivity index (χ0) is 13.8. The molecule has 1 N–H and O–H groups in total. The van der Waals surface area contributed by atoms with Gasteiger partial charge in [-0.25, -0.2) is 0 Å². The van der Waals surface area contributed by atoms with Crippen molar-refractivity contribution in [1.82, 2.24) is 4.90 Å². The summed E-state index contributed by atoms with van der Waals surface area (Å²) in [5.74, 6) is 2.69. The van der Waals surface area contributed by atoms with Gasteiger partial charge in [0.2, 0.25) is 0 Å². The first-order valence-corrected chi connectivity index (χ1v) is 7.23. The summed E-state index contributed by atoms with van der Waals surface area (Å²) in [6.45, 7) is 4.75. The molecule has 0 unspecified atom stereocenters. The monoisotopic (exact) mass is 296 g/mol. The lowest BCUT2D eigenvalue weighted by molar-refractivity contribution is 0.243. The number of piperidine rings is 1. The van der Waals surface area contributed by atoms with E-state index in [2.05, 4.69) is 16.1 Å². The van der Waals surface area contributed by atoms with Crippen molar-refractivity contribution < 1.29 is 0 Å². The molecule has 0 saturated carbocycles. The molecule has 0 aromatic heterocycles. The summed E-state index contributed by atoms with van der Waals surface area (Å²) < 4.78 is 0. The van der Waals surface area contributed by atoms with Crippen molar-refractivity contribution in [3.63, 3.8) is 0 Å². The number of nitrogens with zero attached hydrogens (tertiary/aromatic N) is 1. The van der Waals surface area contributed by atoms with E-state index in [-0.39, 0.29) is 0 Å². The van der Waals surface area contributed by atoms with Crippen molar-refractivity contribution in [2.75, 3.05) is 25.0 Å². The highest BCUT2D eigenvalue weighted by molar-refractivity contribution is 6.35. The Bertz CT molecular complexity index is 486. The molecule has 0 atom stereocenters. The number of anilines is 1. The summed E-state index contributed by atoms with van der Waals surface area (Å²) in [5.41, 5.74) is 1.92. The quantitative estimate of drug-likeness (QED) is 0.853. The van der Waals surface area contributed by atoms with Gasteiger partial charge in [0.05, 0.1) is 17.3 Å². The zero-order valence-corrected chi connectivity index (χ0v) is 12.6. The van der Waals surface area contributed by atoms with Gasteiger partial charge in [0.25, 0.3) is 0 Å². The lowest BCUT2D eigenvalue weighted by Crippen LogP contribution is -2.39. The van der Waals surface area contributed by atoms with Crippen LogP contribution in [0.15, 0.2) is 12.1 Å². The van der Waals surface area contributed by atoms with Crippen molar-refractivity contribution in [3.8, 4) is 12.3 Å². The largest absolute Gasteiger partial charge is 0.381 e. The van der Waals surface area contributed by atoms with E-state index in [1.54, 1.807) is 0 Å². The minimum absolute atomic E-state index is 0.435. The normalized spacial score (nSPS) is 17.2. The Hall–Kier alpha value is -0.880. The lowest BCUT2D eigenvalue weighted by Gasteiger charge is -2.31. The fourth-order valence-corrected chi connectivity index (χ4v) is 2.78. The van der Waals surface area contributed by atoms with Crippen LogP contribution in [-0.4, -0.2) is 30.6 Å². The maximum atomic E-state index is 6.24. The van der Waals surface area contributed by atoms with Crippen LogP contribution in [0.5, 0.6) is 0 Å². The number of aryl methyl sites for hydroxylation is 1. The van der Waals surface area contributed by atoms with Gasteiger partial charge in [-0.05, 0) is 37.5 Å². The number of halogens is 2. The second-order valence-electron chi connectivity index (χ2n) is 4.98. The van der Waals surface area contributed by atoms with Crippen molar-refractivity contribution in [3.05, 3.63) is 27.7 Å². The van der Waals surface area contributed by atoms with Crippen molar-refractivity contribution >= 4 is 28.9 Å². The Morgan fingerprint density at radius 2 is 2.00 bits per heavy atom. The molecule has 2 rings (SSSR count). The summed E-state index contributed by atoms with van der Waals surface area (Å²) in [7, 11) is 0. The molecule has 0 amide bonds. The maximum Gasteiger partial charge on any atom is 0.0641 e. The summed E-state index contributed by atoms with van der Waals surface area (Å²) in [5, 5.41) is 4.96. The van der Waals surface area contributed by atoms with Crippen molar-refractivity contribution in [1.29, 1.82) is 0 Å². The average Bonchev–Trinajstić information content (AvgIpc) is 2.38. The summed E-state index contributed by atoms with van der Waals surface area (Å²) >= 11 is 12.4. The highest BCUT2D eigenvalue weighted by Gasteiger charge is 2.19. The predicted molar refractivity (Wildman–Crippen MR) is 83.1 cm³/mol. The lowest BCUT2D eigenvalue weighted by atomic mass is 10.0. The molecule has 1 saturated heterocycles. The molecular formula is C15H18Cl2N2. The molecule has 1 aliphatic rings. The second kappa shape index (κ2) is 6.52. The van der Waals surface area contributed by atoms with Gasteiger partial charge in [0.1, 0.15) is 0 Å². The van der Waals surface area contributed by atoms with E-state index in [4.69, 9.17) is 29.6 Å². The van der Waals surface area contributed by atoms with Gasteiger partial charge in [0.15, 0.2) is 0 Å². The molecule has 0 bridgehead atoms. The third kappa shape index (κ3) is 3.79. The minimum Gasteiger partial charge on any atom is -0.381 e. The molecule has 4 heteroatoms. The molecule has 0 spiro atoms. The van der Waals surface area contributed by atoms with Gasteiger partial charge in [0, 0.05) is 24.2 Å². The highest BCUT2D eigenvalue weighted by atomic mass is 35.5. The molecular weight excluding hydrogens is 279 g/mol. The molecule has 1 aliphatic heterocycles. The van der Waals surface area contributed by atoms with Crippen molar-refractivity contribution in [2.45, 2.75) is 25.8 Å². The Kier molecular flexibility index (Phi) is 4.99. The molecule has 19 heavy (non-hydrogen) atoms. The Labute approximate surface area is 125 Å². The Morgan fingerprint density at radius 3 is 2.63 bits per heavy atom. The van der Waals surface area contributed by atoms with Crippen LogP contribution in [0.2, 0.25) is 10.0 Å². The van der Waals surface area contributed by atoms with Crippen LogP contribution in [0.25, 0.3) is 0 Å². The van der Waals surface area contributed by atoms with Crippen LogP contribution < -0.4 is 5.32 Å². The van der Waals surface area contributed by atoms with Crippen LogP contribution in [-0.2, 0) is 0 Å². The molecule has 0 aliphatic carbocycles. The van der Waals surface area contributed by atoms with Crippen LogP contribution in [0, 0.1) is 19.3 Å². The number of benzene rings is 1. The third-order valence-electron chi connectivity index (χ3n) is 3.51. The number of hydrogen-bond donors (Lipinski definition) is 1. The maximum absolute atomic E-state index is 6.24. The molecule has 0 radical (unpaired) electrons. The van der Waals surface area contributed by atoms with Gasteiger partial charge in [-0.15, -0.1) is 6.42 Å². The van der Waals surface area contributed by atoms with Gasteiger partial charge in [-0.1, -0.05) is 29.1 Å². The third-order valence-corrected chi connectivity index (χ3v) is 4.23. The van der Waals surface area contributed by atoms with Crippen molar-refractivity contribution in [2.24, 2.45) is 0 Å². The van der Waals surface area contributed by atoms with E-state index in [0.717, 1.165) is 53.8 Å². The summed E-state index contributed by atoms with van der Waals surface area (Å²) in [6, 6.07) is 4.25. The minimum atomic E-state index is 0.435. The topological polar surface area (TPSA) is 15.3 Å². The second-order valence-corrected chi connectivity index (χ2v) is 5.79. The standard InChI is InChI=1S/C15H18Cl2N2/c1-3-6-19-7-4-12(5-8-19)18-15-10-13(16)11(2)9-14(15)17/h1,9-10,12,18H,4-8H2,2H3. The molecule has 1 aromatic carbocycles. The number of likely N-dealkylation sites (tertiary alicyclic amines) is 1.